The molecule has 0 amide bonds. The topological polar surface area (TPSA) is 20.2 Å². The first-order valence-corrected chi connectivity index (χ1v) is 3.09. The van der Waals surface area contributed by atoms with E-state index in [9.17, 15) is 0 Å². The first kappa shape index (κ1) is 7.02. The third kappa shape index (κ3) is 2.68. The summed E-state index contributed by atoms with van der Waals surface area (Å²) < 4.78 is 0. The standard InChI is InChI=1S/C5H9BrO/c1-3-5(7)4(2)6/h3-4,7H,1-2H3/b5-3-. The number of alkyl halides is 1. The minimum absolute atomic E-state index is 0.0949. The third-order valence-electron chi connectivity index (χ3n) is 0.703. The van der Waals surface area contributed by atoms with Crippen LogP contribution in [-0.2, 0) is 0 Å². The molecule has 7 heavy (non-hydrogen) atoms. The highest BCUT2D eigenvalue weighted by atomic mass is 79.9. The van der Waals surface area contributed by atoms with E-state index in [4.69, 9.17) is 5.11 Å². The van der Waals surface area contributed by atoms with Crippen LogP contribution in [-0.4, -0.2) is 9.93 Å². The van der Waals surface area contributed by atoms with Crippen LogP contribution >= 0.6 is 15.9 Å². The fourth-order valence-electron chi connectivity index (χ4n) is 0.230. The summed E-state index contributed by atoms with van der Waals surface area (Å²) in [4.78, 5) is 0.0949. The summed E-state index contributed by atoms with van der Waals surface area (Å²) in [6.07, 6.45) is 1.67. The molecule has 0 aromatic carbocycles. The van der Waals surface area contributed by atoms with Gasteiger partial charge in [-0.25, -0.2) is 0 Å². The molecular formula is C5H9BrO. The van der Waals surface area contributed by atoms with Gasteiger partial charge in [0.2, 0.25) is 0 Å². The van der Waals surface area contributed by atoms with Crippen LogP contribution in [0.5, 0.6) is 0 Å². The number of aliphatic hydroxyl groups is 1. The molecule has 0 aromatic heterocycles. The Bertz CT molecular complexity index is 76.1. The number of allylic oxidation sites excluding steroid dienone is 2. The first-order chi connectivity index (χ1) is 3.18. The molecule has 0 fully saturated rings. The molecule has 1 N–H and O–H groups in total. The second-order valence-electron chi connectivity index (χ2n) is 1.33. The Labute approximate surface area is 52.2 Å². The number of rotatable bonds is 1. The number of hydrogen-bond acceptors (Lipinski definition) is 1. The lowest BCUT2D eigenvalue weighted by Gasteiger charge is -1.96. The van der Waals surface area contributed by atoms with Crippen molar-refractivity contribution in [2.45, 2.75) is 18.7 Å². The van der Waals surface area contributed by atoms with Crippen molar-refractivity contribution in [1.82, 2.24) is 0 Å². The molecule has 0 rings (SSSR count). The molecule has 0 aromatic rings. The van der Waals surface area contributed by atoms with Crippen molar-refractivity contribution < 1.29 is 5.11 Å². The molecule has 42 valence electrons. The van der Waals surface area contributed by atoms with E-state index in [0.717, 1.165) is 0 Å². The van der Waals surface area contributed by atoms with Crippen LogP contribution in [0.15, 0.2) is 11.8 Å². The maximum atomic E-state index is 8.75. The summed E-state index contributed by atoms with van der Waals surface area (Å²) in [5.41, 5.74) is 0. The number of aliphatic hydroxyl groups excluding tert-OH is 1. The van der Waals surface area contributed by atoms with E-state index in [1.54, 1.807) is 13.0 Å². The number of halogens is 1. The molecule has 0 aliphatic rings. The normalized spacial score (nSPS) is 16.7. The molecule has 0 spiro atoms. The molecule has 0 saturated heterocycles. The quantitative estimate of drug-likeness (QED) is 0.466. The predicted molar refractivity (Wildman–Crippen MR) is 34.8 cm³/mol. The van der Waals surface area contributed by atoms with Crippen LogP contribution in [0.4, 0.5) is 0 Å². The van der Waals surface area contributed by atoms with Crippen molar-refractivity contribution in [3.8, 4) is 0 Å². The molecule has 1 nitrogen and oxygen atoms in total. The lowest BCUT2D eigenvalue weighted by molar-refractivity contribution is 0.399. The van der Waals surface area contributed by atoms with Gasteiger partial charge in [0, 0.05) is 0 Å². The van der Waals surface area contributed by atoms with Crippen molar-refractivity contribution >= 4 is 15.9 Å². The van der Waals surface area contributed by atoms with Gasteiger partial charge in [-0.05, 0) is 19.9 Å². The highest BCUT2D eigenvalue weighted by Gasteiger charge is 1.96. The Kier molecular flexibility index (Phi) is 3.09. The zero-order valence-electron chi connectivity index (χ0n) is 4.48. The minimum Gasteiger partial charge on any atom is -0.511 e. The average Bonchev–Trinajstić information content (AvgIpc) is 1.65. The van der Waals surface area contributed by atoms with Crippen LogP contribution in [0.3, 0.4) is 0 Å². The Balaban J connectivity index is 3.56. The monoisotopic (exact) mass is 164 g/mol. The molecule has 1 atom stereocenters. The zero-order valence-corrected chi connectivity index (χ0v) is 6.07. The van der Waals surface area contributed by atoms with Crippen molar-refractivity contribution in [3.05, 3.63) is 11.8 Å². The van der Waals surface area contributed by atoms with Gasteiger partial charge in [0.25, 0.3) is 0 Å². The molecule has 0 aliphatic heterocycles. The van der Waals surface area contributed by atoms with Crippen LogP contribution in [0.1, 0.15) is 13.8 Å². The minimum atomic E-state index is 0.0949. The van der Waals surface area contributed by atoms with Crippen molar-refractivity contribution in [3.63, 3.8) is 0 Å². The molecule has 0 saturated carbocycles. The van der Waals surface area contributed by atoms with Gasteiger partial charge in [-0.3, -0.25) is 0 Å². The van der Waals surface area contributed by atoms with Gasteiger partial charge in [-0.1, -0.05) is 15.9 Å². The van der Waals surface area contributed by atoms with Crippen molar-refractivity contribution in [1.29, 1.82) is 0 Å². The first-order valence-electron chi connectivity index (χ1n) is 2.17. The third-order valence-corrected chi connectivity index (χ3v) is 1.17. The van der Waals surface area contributed by atoms with E-state index in [-0.39, 0.29) is 4.83 Å². The highest BCUT2D eigenvalue weighted by Crippen LogP contribution is 2.06. The van der Waals surface area contributed by atoms with Gasteiger partial charge in [0.1, 0.15) is 5.76 Å². The van der Waals surface area contributed by atoms with Gasteiger partial charge in [0.05, 0.1) is 4.83 Å². The Morgan fingerprint density at radius 1 is 1.86 bits per heavy atom. The van der Waals surface area contributed by atoms with Gasteiger partial charge in [-0.15, -0.1) is 0 Å². The van der Waals surface area contributed by atoms with E-state index in [0.29, 0.717) is 5.76 Å². The summed E-state index contributed by atoms with van der Waals surface area (Å²) in [5.74, 6) is 0.389. The van der Waals surface area contributed by atoms with Crippen molar-refractivity contribution in [2.75, 3.05) is 0 Å². The highest BCUT2D eigenvalue weighted by molar-refractivity contribution is 9.09. The van der Waals surface area contributed by atoms with E-state index < -0.39 is 0 Å². The molecule has 0 bridgehead atoms. The smallest absolute Gasteiger partial charge is 0.101 e. The predicted octanol–water partition coefficient (Wildman–Crippen LogP) is 2.23. The fraction of sp³-hybridized carbons (Fsp3) is 0.600. The van der Waals surface area contributed by atoms with E-state index in [1.807, 2.05) is 6.92 Å². The lowest BCUT2D eigenvalue weighted by Crippen LogP contribution is -1.92. The van der Waals surface area contributed by atoms with E-state index in [2.05, 4.69) is 15.9 Å². The average molecular weight is 165 g/mol. The van der Waals surface area contributed by atoms with Crippen LogP contribution < -0.4 is 0 Å². The van der Waals surface area contributed by atoms with Crippen LogP contribution in [0.25, 0.3) is 0 Å². The number of hydrogen-bond donors (Lipinski definition) is 1. The fourth-order valence-corrected chi connectivity index (χ4v) is 0.494. The van der Waals surface area contributed by atoms with Crippen molar-refractivity contribution in [2.24, 2.45) is 0 Å². The van der Waals surface area contributed by atoms with E-state index in [1.165, 1.54) is 0 Å². The van der Waals surface area contributed by atoms with Gasteiger partial charge in [-0.2, -0.15) is 0 Å². The Morgan fingerprint density at radius 3 is 2.29 bits per heavy atom. The Hall–Kier alpha value is 0.0200. The maximum Gasteiger partial charge on any atom is 0.101 e. The molecule has 0 radical (unpaired) electrons. The van der Waals surface area contributed by atoms with Gasteiger partial charge >= 0.3 is 0 Å². The zero-order chi connectivity index (χ0) is 5.86. The van der Waals surface area contributed by atoms with Gasteiger partial charge in [0.15, 0.2) is 0 Å². The molecule has 0 aliphatic carbocycles. The summed E-state index contributed by atoms with van der Waals surface area (Å²) in [7, 11) is 0. The second kappa shape index (κ2) is 3.08. The molecule has 2 heteroatoms. The van der Waals surface area contributed by atoms with Crippen LogP contribution in [0.2, 0.25) is 0 Å². The van der Waals surface area contributed by atoms with E-state index >= 15 is 0 Å². The summed E-state index contributed by atoms with van der Waals surface area (Å²) in [6, 6.07) is 0. The summed E-state index contributed by atoms with van der Waals surface area (Å²) in [6.45, 7) is 3.67. The molecular weight excluding hydrogens is 156 g/mol. The summed E-state index contributed by atoms with van der Waals surface area (Å²) in [5, 5.41) is 8.75. The lowest BCUT2D eigenvalue weighted by atomic mass is 10.4. The van der Waals surface area contributed by atoms with Gasteiger partial charge < -0.3 is 5.11 Å². The largest absolute Gasteiger partial charge is 0.511 e. The Morgan fingerprint density at radius 2 is 2.29 bits per heavy atom. The van der Waals surface area contributed by atoms with Crippen LogP contribution in [0, 0.1) is 0 Å². The maximum absolute atomic E-state index is 8.75. The SMILES string of the molecule is C/C=C(\O)C(C)Br. The summed E-state index contributed by atoms with van der Waals surface area (Å²) >= 11 is 3.18. The molecule has 1 unspecified atom stereocenters. The molecule has 0 heterocycles. The second-order valence-corrected chi connectivity index (χ2v) is 2.70.